The van der Waals surface area contributed by atoms with E-state index in [9.17, 15) is 4.79 Å². The average Bonchev–Trinajstić information content (AvgIpc) is 2.63. The van der Waals surface area contributed by atoms with E-state index < -0.39 is 5.97 Å². The summed E-state index contributed by atoms with van der Waals surface area (Å²) < 4.78 is 0. The van der Waals surface area contributed by atoms with Crippen LogP contribution in [0.25, 0.3) is 0 Å². The van der Waals surface area contributed by atoms with Crippen LogP contribution in [-0.4, -0.2) is 47.1 Å². The van der Waals surface area contributed by atoms with Crippen molar-refractivity contribution in [1.29, 1.82) is 0 Å². The van der Waals surface area contributed by atoms with Crippen LogP contribution < -0.4 is 5.32 Å². The molecular formula is C11H17N3O2S. The Kier molecular flexibility index (Phi) is 3.35. The smallest absolute Gasteiger partial charge is 0.357 e. The van der Waals surface area contributed by atoms with Gasteiger partial charge in [0.1, 0.15) is 5.00 Å². The minimum Gasteiger partial charge on any atom is -0.476 e. The van der Waals surface area contributed by atoms with Crippen LogP contribution in [0.1, 0.15) is 29.8 Å². The molecule has 2 rings (SSSR count). The van der Waals surface area contributed by atoms with Crippen molar-refractivity contribution >= 4 is 22.3 Å². The van der Waals surface area contributed by atoms with Gasteiger partial charge in [-0.25, -0.2) is 9.78 Å². The van der Waals surface area contributed by atoms with Gasteiger partial charge in [-0.3, -0.25) is 0 Å². The van der Waals surface area contributed by atoms with E-state index in [-0.39, 0.29) is 11.2 Å². The molecule has 1 aliphatic rings. The van der Waals surface area contributed by atoms with E-state index in [1.54, 1.807) is 5.51 Å². The Morgan fingerprint density at radius 3 is 2.82 bits per heavy atom. The first-order valence-electron chi connectivity index (χ1n) is 5.63. The molecule has 0 bridgehead atoms. The first kappa shape index (κ1) is 12.3. The number of carboxylic acid groups (broad SMARTS) is 1. The van der Waals surface area contributed by atoms with Gasteiger partial charge in [-0.2, -0.15) is 0 Å². The van der Waals surface area contributed by atoms with Gasteiger partial charge in [-0.05, 0) is 33.4 Å². The van der Waals surface area contributed by atoms with Crippen LogP contribution in [-0.2, 0) is 0 Å². The van der Waals surface area contributed by atoms with Crippen LogP contribution in [0.4, 0.5) is 5.00 Å². The largest absolute Gasteiger partial charge is 0.476 e. The summed E-state index contributed by atoms with van der Waals surface area (Å²) in [6.45, 7) is 0.780. The normalized spacial score (nSPS) is 17.8. The summed E-state index contributed by atoms with van der Waals surface area (Å²) in [7, 11) is 4.15. The van der Waals surface area contributed by atoms with E-state index in [2.05, 4.69) is 29.3 Å². The van der Waals surface area contributed by atoms with Crippen molar-refractivity contribution in [2.75, 3.05) is 26.0 Å². The van der Waals surface area contributed by atoms with Crippen LogP contribution in [0.3, 0.4) is 0 Å². The molecule has 1 aliphatic carbocycles. The third kappa shape index (κ3) is 2.28. The van der Waals surface area contributed by atoms with Crippen LogP contribution >= 0.6 is 11.3 Å². The molecule has 1 saturated carbocycles. The molecule has 0 atom stereocenters. The molecule has 94 valence electrons. The molecule has 0 radical (unpaired) electrons. The molecule has 0 spiro atoms. The predicted octanol–water partition coefficient (Wildman–Crippen LogP) is 1.74. The minimum atomic E-state index is -0.971. The van der Waals surface area contributed by atoms with E-state index in [1.807, 2.05) is 0 Å². The lowest BCUT2D eigenvalue weighted by Gasteiger charge is -2.47. The molecule has 6 heteroatoms. The number of aromatic nitrogens is 1. The summed E-state index contributed by atoms with van der Waals surface area (Å²) in [6.07, 6.45) is 3.57. The van der Waals surface area contributed by atoms with Crippen molar-refractivity contribution in [3.63, 3.8) is 0 Å². The highest BCUT2D eigenvalue weighted by Gasteiger charge is 2.39. The third-order valence-corrected chi connectivity index (χ3v) is 4.37. The second-order valence-electron chi connectivity index (χ2n) is 4.66. The molecule has 17 heavy (non-hydrogen) atoms. The first-order valence-corrected chi connectivity index (χ1v) is 6.51. The Morgan fingerprint density at radius 1 is 1.65 bits per heavy atom. The monoisotopic (exact) mass is 255 g/mol. The number of thiazole rings is 1. The fraction of sp³-hybridized carbons (Fsp3) is 0.636. The number of aromatic carboxylic acids is 1. The lowest BCUT2D eigenvalue weighted by atomic mass is 9.75. The van der Waals surface area contributed by atoms with Crippen LogP contribution in [0.5, 0.6) is 0 Å². The number of nitrogens with one attached hydrogen (secondary N) is 1. The Morgan fingerprint density at radius 2 is 2.35 bits per heavy atom. The van der Waals surface area contributed by atoms with E-state index in [0.717, 1.165) is 19.4 Å². The van der Waals surface area contributed by atoms with Gasteiger partial charge in [0.25, 0.3) is 0 Å². The van der Waals surface area contributed by atoms with E-state index >= 15 is 0 Å². The first-order chi connectivity index (χ1) is 8.05. The topological polar surface area (TPSA) is 65.5 Å². The fourth-order valence-corrected chi connectivity index (χ4v) is 2.81. The molecule has 0 aromatic carbocycles. The number of hydrogen-bond acceptors (Lipinski definition) is 5. The van der Waals surface area contributed by atoms with Crippen molar-refractivity contribution in [1.82, 2.24) is 9.88 Å². The van der Waals surface area contributed by atoms with Crippen molar-refractivity contribution in [2.45, 2.75) is 24.8 Å². The van der Waals surface area contributed by atoms with Gasteiger partial charge in [-0.1, -0.05) is 0 Å². The van der Waals surface area contributed by atoms with Crippen LogP contribution in [0.2, 0.25) is 0 Å². The quantitative estimate of drug-likeness (QED) is 0.839. The minimum absolute atomic E-state index is 0.128. The van der Waals surface area contributed by atoms with Gasteiger partial charge in [0.05, 0.1) is 5.51 Å². The number of likely N-dealkylation sites (N-methyl/N-ethyl adjacent to an activating group) is 1. The Balaban J connectivity index is 2.02. The maximum Gasteiger partial charge on any atom is 0.357 e. The number of carbonyl (C=O) groups is 1. The molecule has 1 heterocycles. The molecule has 0 aliphatic heterocycles. The lowest BCUT2D eigenvalue weighted by molar-refractivity contribution is 0.0688. The molecule has 1 fully saturated rings. The van der Waals surface area contributed by atoms with E-state index in [4.69, 9.17) is 5.11 Å². The molecule has 0 saturated heterocycles. The summed E-state index contributed by atoms with van der Waals surface area (Å²) in [5.41, 5.74) is 1.87. The highest BCUT2D eigenvalue weighted by atomic mass is 32.1. The van der Waals surface area contributed by atoms with Gasteiger partial charge < -0.3 is 15.3 Å². The molecule has 0 unspecified atom stereocenters. The zero-order chi connectivity index (χ0) is 12.5. The van der Waals surface area contributed by atoms with E-state index in [1.165, 1.54) is 17.8 Å². The molecule has 1 aromatic heterocycles. The van der Waals surface area contributed by atoms with Gasteiger partial charge in [0.2, 0.25) is 0 Å². The SMILES string of the molecule is CN(C)C1(CNc2scnc2C(=O)O)CCC1. The summed E-state index contributed by atoms with van der Waals surface area (Å²) in [4.78, 5) is 17.0. The van der Waals surface area contributed by atoms with Gasteiger partial charge >= 0.3 is 5.97 Å². The summed E-state index contributed by atoms with van der Waals surface area (Å²) >= 11 is 1.34. The van der Waals surface area contributed by atoms with Gasteiger partial charge in [0, 0.05) is 12.1 Å². The van der Waals surface area contributed by atoms with Crippen molar-refractivity contribution in [3.05, 3.63) is 11.2 Å². The van der Waals surface area contributed by atoms with Gasteiger partial charge in [0.15, 0.2) is 5.69 Å². The summed E-state index contributed by atoms with van der Waals surface area (Å²) in [6, 6.07) is 0. The number of hydrogen-bond donors (Lipinski definition) is 2. The van der Waals surface area contributed by atoms with Gasteiger partial charge in [-0.15, -0.1) is 11.3 Å². The highest BCUT2D eigenvalue weighted by molar-refractivity contribution is 7.14. The van der Waals surface area contributed by atoms with Crippen LogP contribution in [0, 0.1) is 0 Å². The zero-order valence-electron chi connectivity index (χ0n) is 10.1. The maximum absolute atomic E-state index is 10.9. The number of nitrogens with zero attached hydrogens (tertiary/aromatic N) is 2. The standard InChI is InChI=1S/C11H17N3O2S/c1-14(2)11(4-3-5-11)6-12-9-8(10(15)16)13-7-17-9/h7,12H,3-6H2,1-2H3,(H,15,16). The molecular weight excluding hydrogens is 238 g/mol. The number of rotatable bonds is 5. The molecule has 0 amide bonds. The van der Waals surface area contributed by atoms with Crippen molar-refractivity contribution in [3.8, 4) is 0 Å². The maximum atomic E-state index is 10.9. The zero-order valence-corrected chi connectivity index (χ0v) is 10.9. The number of carboxylic acids is 1. The van der Waals surface area contributed by atoms with Crippen LogP contribution in [0.15, 0.2) is 5.51 Å². The third-order valence-electron chi connectivity index (χ3n) is 3.58. The number of anilines is 1. The Labute approximate surface area is 104 Å². The fourth-order valence-electron chi connectivity index (χ4n) is 2.14. The van der Waals surface area contributed by atoms with Crippen molar-refractivity contribution in [2.24, 2.45) is 0 Å². The highest BCUT2D eigenvalue weighted by Crippen LogP contribution is 2.36. The molecule has 2 N–H and O–H groups in total. The predicted molar refractivity (Wildman–Crippen MR) is 67.8 cm³/mol. The molecule has 1 aromatic rings. The summed E-state index contributed by atoms with van der Waals surface area (Å²) in [5.74, 6) is -0.971. The molecule has 5 nitrogen and oxygen atoms in total. The average molecular weight is 255 g/mol. The lowest BCUT2D eigenvalue weighted by Crippen LogP contribution is -2.54. The summed E-state index contributed by atoms with van der Waals surface area (Å²) in [5, 5.41) is 12.8. The second-order valence-corrected chi connectivity index (χ2v) is 5.52. The Bertz CT molecular complexity index is 413. The van der Waals surface area contributed by atoms with Crippen molar-refractivity contribution < 1.29 is 9.90 Å². The second kappa shape index (κ2) is 4.62. The Hall–Kier alpha value is -1.14. The van der Waals surface area contributed by atoms with E-state index in [0.29, 0.717) is 5.00 Å².